The van der Waals surface area contributed by atoms with Crippen molar-refractivity contribution in [3.8, 4) is 23.0 Å². The van der Waals surface area contributed by atoms with Gasteiger partial charge in [0, 0.05) is 17.2 Å². The van der Waals surface area contributed by atoms with E-state index in [-0.39, 0.29) is 10.7 Å². The minimum Gasteiger partial charge on any atom is -0.497 e. The number of ether oxygens (including phenoxy) is 2. The van der Waals surface area contributed by atoms with E-state index in [1.807, 2.05) is 19.2 Å². The first kappa shape index (κ1) is 19.1. The first-order valence-corrected chi connectivity index (χ1v) is 8.76. The van der Waals surface area contributed by atoms with Gasteiger partial charge in [0.1, 0.15) is 23.9 Å². The lowest BCUT2D eigenvalue weighted by Gasteiger charge is -2.13. The molecule has 1 unspecified atom stereocenters. The Balaban J connectivity index is 1.78. The molecule has 0 saturated carbocycles. The van der Waals surface area contributed by atoms with E-state index >= 15 is 0 Å². The molecule has 0 fully saturated rings. The van der Waals surface area contributed by atoms with Gasteiger partial charge in [-0.3, -0.25) is 0 Å². The summed E-state index contributed by atoms with van der Waals surface area (Å²) in [6.45, 7) is 1.22. The normalized spacial score (nSPS) is 12.0. The van der Waals surface area contributed by atoms with Crippen molar-refractivity contribution < 1.29 is 23.2 Å². The second-order valence-electron chi connectivity index (χ2n) is 6.19. The average Bonchev–Trinajstić information content (AvgIpc) is 3.03. The molecule has 142 valence electrons. The summed E-state index contributed by atoms with van der Waals surface area (Å²) >= 11 is 5.30. The molecular formula is C19H21FN3O3S+. The lowest BCUT2D eigenvalue weighted by Crippen LogP contribution is -3.07. The Morgan fingerprint density at radius 2 is 1.74 bits per heavy atom. The van der Waals surface area contributed by atoms with Gasteiger partial charge in [-0.25, -0.2) is 4.39 Å². The second kappa shape index (κ2) is 8.32. The fraction of sp³-hybridized carbons (Fsp3) is 0.263. The zero-order chi connectivity index (χ0) is 19.4. The average molecular weight is 390 g/mol. The Kier molecular flexibility index (Phi) is 5.88. The molecule has 1 atom stereocenters. The highest BCUT2D eigenvalue weighted by molar-refractivity contribution is 7.71. The lowest BCUT2D eigenvalue weighted by atomic mass is 10.2. The number of quaternary nitrogens is 1. The number of aromatic nitrogens is 2. The largest absolute Gasteiger partial charge is 0.497 e. The molecule has 0 aliphatic heterocycles. The number of hydrogen-bond donors (Lipinski definition) is 1. The van der Waals surface area contributed by atoms with Crippen LogP contribution in [0.4, 0.5) is 4.39 Å². The molecule has 0 saturated heterocycles. The molecule has 6 nitrogen and oxygen atoms in total. The Labute approximate surface area is 161 Å². The molecule has 0 radical (unpaired) electrons. The van der Waals surface area contributed by atoms with Gasteiger partial charge < -0.3 is 18.8 Å². The molecule has 27 heavy (non-hydrogen) atoms. The van der Waals surface area contributed by atoms with Crippen molar-refractivity contribution in [3.63, 3.8) is 0 Å². The van der Waals surface area contributed by atoms with E-state index in [1.165, 1.54) is 12.1 Å². The predicted molar refractivity (Wildman–Crippen MR) is 101 cm³/mol. The van der Waals surface area contributed by atoms with E-state index in [0.29, 0.717) is 36.2 Å². The van der Waals surface area contributed by atoms with Crippen LogP contribution in [0.25, 0.3) is 11.5 Å². The van der Waals surface area contributed by atoms with Crippen molar-refractivity contribution >= 4 is 12.2 Å². The monoisotopic (exact) mass is 390 g/mol. The Morgan fingerprint density at radius 3 is 2.33 bits per heavy atom. The molecule has 1 aromatic heterocycles. The van der Waals surface area contributed by atoms with E-state index in [0.717, 1.165) is 10.5 Å². The van der Waals surface area contributed by atoms with Crippen molar-refractivity contribution in [2.24, 2.45) is 0 Å². The number of benzene rings is 2. The number of methoxy groups -OCH3 is 2. The zero-order valence-electron chi connectivity index (χ0n) is 15.4. The second-order valence-corrected chi connectivity index (χ2v) is 6.54. The van der Waals surface area contributed by atoms with Crippen LogP contribution in [0.1, 0.15) is 5.56 Å². The summed E-state index contributed by atoms with van der Waals surface area (Å²) in [6, 6.07) is 11.8. The third-order valence-corrected chi connectivity index (χ3v) is 4.34. The first-order chi connectivity index (χ1) is 13.0. The Hall–Kier alpha value is -2.71. The molecule has 8 heteroatoms. The van der Waals surface area contributed by atoms with Gasteiger partial charge >= 0.3 is 0 Å². The van der Waals surface area contributed by atoms with Gasteiger partial charge in [-0.05, 0) is 36.5 Å². The Bertz CT molecular complexity index is 947. The maximum Gasteiger partial charge on any atom is 0.292 e. The van der Waals surface area contributed by atoms with Crippen molar-refractivity contribution in [2.75, 3.05) is 21.3 Å². The van der Waals surface area contributed by atoms with Crippen LogP contribution in [0.5, 0.6) is 11.5 Å². The number of hydrogen-bond acceptors (Lipinski definition) is 5. The molecule has 0 bridgehead atoms. The quantitative estimate of drug-likeness (QED) is 0.629. The lowest BCUT2D eigenvalue weighted by molar-refractivity contribution is -0.917. The van der Waals surface area contributed by atoms with Crippen LogP contribution in [0.3, 0.4) is 0 Å². The minimum atomic E-state index is -0.242. The van der Waals surface area contributed by atoms with Gasteiger partial charge in [0.25, 0.3) is 4.84 Å². The molecule has 2 aromatic carbocycles. The van der Waals surface area contributed by atoms with Gasteiger partial charge in [0.15, 0.2) is 6.67 Å². The molecule has 0 amide bonds. The molecule has 1 N–H and O–H groups in total. The van der Waals surface area contributed by atoms with Gasteiger partial charge in [0.2, 0.25) is 5.89 Å². The topological polar surface area (TPSA) is 53.9 Å². The molecule has 0 spiro atoms. The molecular weight excluding hydrogens is 369 g/mol. The van der Waals surface area contributed by atoms with Crippen molar-refractivity contribution in [2.45, 2.75) is 13.2 Å². The van der Waals surface area contributed by atoms with Gasteiger partial charge in [0.05, 0.1) is 21.3 Å². The molecule has 0 aliphatic rings. The summed E-state index contributed by atoms with van der Waals surface area (Å²) in [4.78, 5) is 1.41. The van der Waals surface area contributed by atoms with Crippen LogP contribution in [-0.4, -0.2) is 31.0 Å². The zero-order valence-corrected chi connectivity index (χ0v) is 16.2. The predicted octanol–water partition coefficient (Wildman–Crippen LogP) is 2.70. The number of nitrogens with one attached hydrogen (secondary N) is 1. The van der Waals surface area contributed by atoms with Crippen molar-refractivity contribution in [1.82, 2.24) is 9.78 Å². The maximum atomic E-state index is 13.0. The third kappa shape index (κ3) is 4.72. The van der Waals surface area contributed by atoms with E-state index in [4.69, 9.17) is 26.1 Å². The number of nitrogens with zero attached hydrogens (tertiary/aromatic N) is 2. The fourth-order valence-electron chi connectivity index (χ4n) is 2.72. The van der Waals surface area contributed by atoms with E-state index in [9.17, 15) is 4.39 Å². The molecule has 3 rings (SSSR count). The summed E-state index contributed by atoms with van der Waals surface area (Å²) in [5.74, 6) is 1.43. The van der Waals surface area contributed by atoms with Gasteiger partial charge in [-0.15, -0.1) is 5.10 Å². The van der Waals surface area contributed by atoms with Gasteiger partial charge in [-0.1, -0.05) is 12.1 Å². The maximum absolute atomic E-state index is 13.0. The summed E-state index contributed by atoms with van der Waals surface area (Å²) < 4.78 is 30.9. The first-order valence-electron chi connectivity index (χ1n) is 8.35. The molecule has 0 aliphatic carbocycles. The molecule has 3 aromatic rings. The van der Waals surface area contributed by atoms with E-state index < -0.39 is 0 Å². The smallest absolute Gasteiger partial charge is 0.292 e. The van der Waals surface area contributed by atoms with Crippen molar-refractivity contribution in [1.29, 1.82) is 0 Å². The van der Waals surface area contributed by atoms with Crippen LogP contribution >= 0.6 is 12.2 Å². The SMILES string of the molecule is COc1cc(OC)cc(-c2nn(C[NH+](C)Cc3ccc(F)cc3)c(=S)o2)c1. The van der Waals surface area contributed by atoms with Crippen LogP contribution < -0.4 is 14.4 Å². The highest BCUT2D eigenvalue weighted by atomic mass is 32.1. The minimum absolute atomic E-state index is 0.242. The van der Waals surface area contributed by atoms with Crippen LogP contribution in [0.2, 0.25) is 0 Å². The van der Waals surface area contributed by atoms with Crippen LogP contribution in [0.15, 0.2) is 46.9 Å². The molecule has 1 heterocycles. The van der Waals surface area contributed by atoms with Crippen LogP contribution in [-0.2, 0) is 13.2 Å². The highest BCUT2D eigenvalue weighted by Gasteiger charge is 2.14. The fourth-order valence-corrected chi connectivity index (χ4v) is 2.90. The van der Waals surface area contributed by atoms with Gasteiger partial charge in [-0.2, -0.15) is 4.68 Å². The summed E-state index contributed by atoms with van der Waals surface area (Å²) in [7, 11) is 5.18. The number of rotatable bonds is 7. The summed E-state index contributed by atoms with van der Waals surface area (Å²) in [5, 5.41) is 4.48. The highest BCUT2D eigenvalue weighted by Crippen LogP contribution is 2.28. The van der Waals surface area contributed by atoms with Crippen LogP contribution in [0, 0.1) is 10.7 Å². The summed E-state index contributed by atoms with van der Waals surface area (Å²) in [5.41, 5.74) is 1.74. The van der Waals surface area contributed by atoms with Crippen molar-refractivity contribution in [3.05, 3.63) is 58.7 Å². The van der Waals surface area contributed by atoms with E-state index in [1.54, 1.807) is 37.1 Å². The number of halogens is 1. The van der Waals surface area contributed by atoms with E-state index in [2.05, 4.69) is 5.10 Å². The third-order valence-electron chi connectivity index (χ3n) is 4.04. The Morgan fingerprint density at radius 1 is 1.11 bits per heavy atom. The summed E-state index contributed by atoms with van der Waals surface area (Å²) in [6.07, 6.45) is 0. The standard InChI is InChI=1S/C19H20FN3O3S/c1-22(11-13-4-6-15(20)7-5-13)12-23-19(27)26-18(21-23)14-8-16(24-2)10-17(9-14)25-3/h4-10H,11-12H2,1-3H3/p+1.